The van der Waals surface area contributed by atoms with Gasteiger partial charge in [0.25, 0.3) is 5.88 Å². The van der Waals surface area contributed by atoms with E-state index < -0.39 is 0 Å². The highest BCUT2D eigenvalue weighted by molar-refractivity contribution is 5.77. The smallest absolute Gasteiger partial charge is 0.257 e. The van der Waals surface area contributed by atoms with Crippen molar-refractivity contribution in [2.24, 2.45) is 11.7 Å². The van der Waals surface area contributed by atoms with Crippen molar-refractivity contribution in [3.63, 3.8) is 0 Å². The first-order chi connectivity index (χ1) is 9.81. The first kappa shape index (κ1) is 13.1. The normalized spacial score (nSPS) is 19.3. The van der Waals surface area contributed by atoms with Gasteiger partial charge in [0.2, 0.25) is 0 Å². The summed E-state index contributed by atoms with van der Waals surface area (Å²) in [4.78, 5) is 11.5. The number of anilines is 1. The second-order valence-corrected chi connectivity index (χ2v) is 5.24. The van der Waals surface area contributed by atoms with Gasteiger partial charge in [-0.15, -0.1) is 0 Å². The van der Waals surface area contributed by atoms with Crippen LogP contribution in [0.1, 0.15) is 12.8 Å². The molecule has 1 atom stereocenters. The van der Waals surface area contributed by atoms with Crippen LogP contribution >= 0.6 is 0 Å². The zero-order valence-corrected chi connectivity index (χ0v) is 11.7. The van der Waals surface area contributed by atoms with E-state index in [9.17, 15) is 0 Å². The zero-order valence-electron chi connectivity index (χ0n) is 11.7. The van der Waals surface area contributed by atoms with Gasteiger partial charge in [-0.25, -0.2) is 9.97 Å². The number of aromatic nitrogens is 2. The Morgan fingerprint density at radius 3 is 2.75 bits per heavy atom. The molecule has 2 aromatic rings. The van der Waals surface area contributed by atoms with Crippen molar-refractivity contribution in [3.8, 4) is 5.88 Å². The van der Waals surface area contributed by atoms with E-state index in [0.717, 1.165) is 42.9 Å². The standard InChI is InChI=1S/C15H20N4O/c1-20-15-14(19-8-4-5-11(9-16)10-19)17-12-6-2-3-7-13(12)18-15/h2-3,6-7,11H,4-5,8-10,16H2,1H3/t11-/m0/s1. The number of benzene rings is 1. The fraction of sp³-hybridized carbons (Fsp3) is 0.467. The van der Waals surface area contributed by atoms with Crippen molar-refractivity contribution in [2.75, 3.05) is 31.6 Å². The maximum Gasteiger partial charge on any atom is 0.257 e. The Morgan fingerprint density at radius 1 is 1.30 bits per heavy atom. The fourth-order valence-electron chi connectivity index (χ4n) is 2.77. The number of hydrogen-bond acceptors (Lipinski definition) is 5. The second-order valence-electron chi connectivity index (χ2n) is 5.24. The Morgan fingerprint density at radius 2 is 2.05 bits per heavy atom. The Bertz CT molecular complexity index is 601. The quantitative estimate of drug-likeness (QED) is 0.923. The lowest BCUT2D eigenvalue weighted by Crippen LogP contribution is -2.39. The van der Waals surface area contributed by atoms with Gasteiger partial charge in [0.1, 0.15) is 0 Å². The summed E-state index contributed by atoms with van der Waals surface area (Å²) in [5.74, 6) is 1.97. The number of piperidine rings is 1. The Kier molecular flexibility index (Phi) is 3.69. The summed E-state index contributed by atoms with van der Waals surface area (Å²) in [6.45, 7) is 2.64. The Hall–Kier alpha value is -1.88. The maximum atomic E-state index is 5.81. The van der Waals surface area contributed by atoms with Crippen molar-refractivity contribution in [1.29, 1.82) is 0 Å². The molecule has 20 heavy (non-hydrogen) atoms. The van der Waals surface area contributed by atoms with Crippen LogP contribution < -0.4 is 15.4 Å². The van der Waals surface area contributed by atoms with Crippen molar-refractivity contribution >= 4 is 16.9 Å². The molecule has 106 valence electrons. The molecule has 0 saturated carbocycles. The van der Waals surface area contributed by atoms with Gasteiger partial charge >= 0.3 is 0 Å². The molecule has 5 heteroatoms. The van der Waals surface area contributed by atoms with E-state index in [-0.39, 0.29) is 0 Å². The van der Waals surface area contributed by atoms with Crippen LogP contribution in [0.25, 0.3) is 11.0 Å². The van der Waals surface area contributed by atoms with Crippen LogP contribution in [0.3, 0.4) is 0 Å². The molecule has 0 unspecified atom stereocenters. The van der Waals surface area contributed by atoms with E-state index in [1.807, 2.05) is 24.3 Å². The molecule has 2 N–H and O–H groups in total. The summed E-state index contributed by atoms with van der Waals surface area (Å²) in [7, 11) is 1.65. The molecule has 1 aliphatic rings. The van der Waals surface area contributed by atoms with Gasteiger partial charge < -0.3 is 15.4 Å². The molecule has 3 rings (SSSR count). The molecule has 0 aliphatic carbocycles. The summed E-state index contributed by atoms with van der Waals surface area (Å²) in [5.41, 5.74) is 7.57. The molecular formula is C15H20N4O. The molecule has 0 spiro atoms. The van der Waals surface area contributed by atoms with Crippen LogP contribution in [0.4, 0.5) is 5.82 Å². The van der Waals surface area contributed by atoms with E-state index in [1.165, 1.54) is 6.42 Å². The number of nitrogens with zero attached hydrogens (tertiary/aromatic N) is 3. The number of para-hydroxylation sites is 2. The first-order valence-electron chi connectivity index (χ1n) is 7.07. The zero-order chi connectivity index (χ0) is 13.9. The van der Waals surface area contributed by atoms with Crippen molar-refractivity contribution in [3.05, 3.63) is 24.3 Å². The molecule has 0 radical (unpaired) electrons. The van der Waals surface area contributed by atoms with Crippen LogP contribution in [0, 0.1) is 5.92 Å². The molecule has 0 amide bonds. The first-order valence-corrected chi connectivity index (χ1v) is 7.07. The maximum absolute atomic E-state index is 5.81. The largest absolute Gasteiger partial charge is 0.478 e. The third-order valence-corrected chi connectivity index (χ3v) is 3.87. The van der Waals surface area contributed by atoms with Gasteiger partial charge in [-0.3, -0.25) is 0 Å². The second kappa shape index (κ2) is 5.63. The van der Waals surface area contributed by atoms with Gasteiger partial charge in [-0.05, 0) is 37.4 Å². The lowest BCUT2D eigenvalue weighted by atomic mass is 9.98. The number of fused-ring (bicyclic) bond motifs is 1. The van der Waals surface area contributed by atoms with Gasteiger partial charge in [0.15, 0.2) is 5.82 Å². The minimum atomic E-state index is 0.529. The predicted octanol–water partition coefficient (Wildman–Crippen LogP) is 1.81. The summed E-state index contributed by atoms with van der Waals surface area (Å²) in [6.07, 6.45) is 2.33. The monoisotopic (exact) mass is 272 g/mol. The lowest BCUT2D eigenvalue weighted by Gasteiger charge is -2.33. The van der Waals surface area contributed by atoms with E-state index >= 15 is 0 Å². The minimum Gasteiger partial charge on any atom is -0.478 e. The van der Waals surface area contributed by atoms with Crippen LogP contribution in [-0.2, 0) is 0 Å². The minimum absolute atomic E-state index is 0.529. The van der Waals surface area contributed by atoms with Gasteiger partial charge in [0, 0.05) is 13.1 Å². The highest BCUT2D eigenvalue weighted by Crippen LogP contribution is 2.29. The average molecular weight is 272 g/mol. The van der Waals surface area contributed by atoms with Crippen LogP contribution in [0.5, 0.6) is 5.88 Å². The van der Waals surface area contributed by atoms with Crippen LogP contribution in [0.15, 0.2) is 24.3 Å². The number of rotatable bonds is 3. The SMILES string of the molecule is COc1nc2ccccc2nc1N1CCC[C@@H](CN)C1. The number of nitrogens with two attached hydrogens (primary N) is 1. The lowest BCUT2D eigenvalue weighted by molar-refractivity contribution is 0.385. The summed E-state index contributed by atoms with van der Waals surface area (Å²) < 4.78 is 5.43. The van der Waals surface area contributed by atoms with E-state index in [0.29, 0.717) is 11.8 Å². The van der Waals surface area contributed by atoms with Gasteiger partial charge in [0.05, 0.1) is 18.1 Å². The average Bonchev–Trinajstić information content (AvgIpc) is 2.53. The van der Waals surface area contributed by atoms with E-state index in [2.05, 4.69) is 9.88 Å². The fourth-order valence-corrected chi connectivity index (χ4v) is 2.77. The van der Waals surface area contributed by atoms with Crippen LogP contribution in [0.2, 0.25) is 0 Å². The number of ether oxygens (including phenoxy) is 1. The molecule has 0 bridgehead atoms. The summed E-state index contributed by atoms with van der Waals surface area (Å²) >= 11 is 0. The summed E-state index contributed by atoms with van der Waals surface area (Å²) in [5, 5.41) is 0. The molecular weight excluding hydrogens is 252 g/mol. The number of hydrogen-bond donors (Lipinski definition) is 1. The molecule has 2 heterocycles. The van der Waals surface area contributed by atoms with Crippen LogP contribution in [-0.4, -0.2) is 36.7 Å². The Labute approximate surface area is 118 Å². The molecule has 1 fully saturated rings. The van der Waals surface area contributed by atoms with Crippen molar-refractivity contribution in [1.82, 2.24) is 9.97 Å². The molecule has 1 aromatic heterocycles. The van der Waals surface area contributed by atoms with E-state index in [4.69, 9.17) is 15.5 Å². The third kappa shape index (κ3) is 2.41. The van der Waals surface area contributed by atoms with Crippen molar-refractivity contribution < 1.29 is 4.74 Å². The van der Waals surface area contributed by atoms with Gasteiger partial charge in [-0.1, -0.05) is 12.1 Å². The molecule has 1 aliphatic heterocycles. The highest BCUT2D eigenvalue weighted by Gasteiger charge is 2.23. The molecule has 5 nitrogen and oxygen atoms in total. The third-order valence-electron chi connectivity index (χ3n) is 3.87. The summed E-state index contributed by atoms with van der Waals surface area (Å²) in [6, 6.07) is 7.87. The van der Waals surface area contributed by atoms with E-state index in [1.54, 1.807) is 7.11 Å². The highest BCUT2D eigenvalue weighted by atomic mass is 16.5. The Balaban J connectivity index is 2.00. The topological polar surface area (TPSA) is 64.3 Å². The number of methoxy groups -OCH3 is 1. The van der Waals surface area contributed by atoms with Crippen molar-refractivity contribution in [2.45, 2.75) is 12.8 Å². The molecule has 1 aromatic carbocycles. The predicted molar refractivity (Wildman–Crippen MR) is 80.1 cm³/mol. The molecule has 1 saturated heterocycles. The van der Waals surface area contributed by atoms with Gasteiger partial charge in [-0.2, -0.15) is 0 Å².